The molecule has 0 aliphatic rings. The number of hydrogen-bond donors (Lipinski definition) is 1. The van der Waals surface area contributed by atoms with Crippen LogP contribution in [-0.4, -0.2) is 23.8 Å². The molecule has 0 saturated carbocycles. The minimum Gasteiger partial charge on any atom is -0.341 e. The first kappa shape index (κ1) is 17.7. The Morgan fingerprint density at radius 1 is 0.958 bits per heavy atom. The number of nitrogens with one attached hydrogen (secondary N) is 1. The summed E-state index contributed by atoms with van der Waals surface area (Å²) in [4.78, 5) is 26.3. The van der Waals surface area contributed by atoms with E-state index in [0.29, 0.717) is 0 Å². The van der Waals surface area contributed by atoms with Crippen LogP contribution in [0.3, 0.4) is 0 Å². The first-order chi connectivity index (χ1) is 11.5. The molecule has 0 saturated heterocycles. The molecule has 2 aromatic carbocycles. The van der Waals surface area contributed by atoms with Crippen molar-refractivity contribution >= 4 is 11.8 Å². The first-order valence-electron chi connectivity index (χ1n) is 8.22. The monoisotopic (exact) mass is 324 g/mol. The van der Waals surface area contributed by atoms with Crippen molar-refractivity contribution in [1.29, 1.82) is 0 Å². The van der Waals surface area contributed by atoms with Gasteiger partial charge in [-0.1, -0.05) is 67.6 Å². The maximum Gasteiger partial charge on any atom is 0.312 e. The number of amides is 2. The van der Waals surface area contributed by atoms with Gasteiger partial charge in [0.15, 0.2) is 0 Å². The average molecular weight is 324 g/mol. The fourth-order valence-corrected chi connectivity index (χ4v) is 2.62. The van der Waals surface area contributed by atoms with E-state index in [9.17, 15) is 9.59 Å². The van der Waals surface area contributed by atoms with Crippen LogP contribution in [0.15, 0.2) is 60.7 Å². The molecule has 0 aliphatic heterocycles. The lowest BCUT2D eigenvalue weighted by molar-refractivity contribution is -0.146. The van der Waals surface area contributed by atoms with Crippen LogP contribution < -0.4 is 5.32 Å². The van der Waals surface area contributed by atoms with Gasteiger partial charge >= 0.3 is 11.8 Å². The topological polar surface area (TPSA) is 49.4 Å². The van der Waals surface area contributed by atoms with Gasteiger partial charge in [-0.15, -0.1) is 0 Å². The zero-order valence-corrected chi connectivity index (χ0v) is 14.4. The molecule has 0 aromatic heterocycles. The van der Waals surface area contributed by atoms with E-state index in [0.717, 1.165) is 17.5 Å². The van der Waals surface area contributed by atoms with E-state index in [1.165, 1.54) is 4.90 Å². The van der Waals surface area contributed by atoms with Crippen LogP contribution in [0.1, 0.15) is 43.5 Å². The minimum atomic E-state index is -0.573. The van der Waals surface area contributed by atoms with Crippen LogP contribution in [0.5, 0.6) is 0 Å². The number of carbonyl (C=O) groups excluding carboxylic acids is 2. The molecule has 0 spiro atoms. The van der Waals surface area contributed by atoms with Gasteiger partial charge in [0.2, 0.25) is 0 Å². The van der Waals surface area contributed by atoms with E-state index in [2.05, 4.69) is 5.32 Å². The van der Waals surface area contributed by atoms with Gasteiger partial charge in [0.25, 0.3) is 0 Å². The summed E-state index contributed by atoms with van der Waals surface area (Å²) in [5.41, 5.74) is 2.00. The zero-order chi connectivity index (χ0) is 17.5. The summed E-state index contributed by atoms with van der Waals surface area (Å²) < 4.78 is 0. The molecule has 2 rings (SSSR count). The third-order valence-electron chi connectivity index (χ3n) is 4.29. The predicted molar refractivity (Wildman–Crippen MR) is 95.2 cm³/mol. The number of likely N-dealkylation sites (N-methyl/N-ethyl adjacent to an activating group) is 1. The predicted octanol–water partition coefficient (Wildman–Crippen LogP) is 3.47. The molecule has 4 nitrogen and oxygen atoms in total. The summed E-state index contributed by atoms with van der Waals surface area (Å²) in [5, 5.41) is 2.84. The maximum atomic E-state index is 12.5. The summed E-state index contributed by atoms with van der Waals surface area (Å²) in [6, 6.07) is 19.0. The lowest BCUT2D eigenvalue weighted by Crippen LogP contribution is -2.43. The van der Waals surface area contributed by atoms with Crippen molar-refractivity contribution in [2.75, 3.05) is 7.05 Å². The molecule has 2 amide bonds. The SMILES string of the molecule is CCC(NC(=O)C(=O)N(C)C(C)c1ccccc1)c1ccccc1. The van der Waals surface area contributed by atoms with E-state index in [1.807, 2.05) is 74.5 Å². The van der Waals surface area contributed by atoms with Gasteiger partial charge in [-0.25, -0.2) is 0 Å². The molecule has 0 bridgehead atoms. The second-order valence-electron chi connectivity index (χ2n) is 5.85. The molecule has 4 heteroatoms. The largest absolute Gasteiger partial charge is 0.341 e. The van der Waals surface area contributed by atoms with Gasteiger partial charge in [-0.05, 0) is 24.5 Å². The molecule has 2 unspecified atom stereocenters. The zero-order valence-electron chi connectivity index (χ0n) is 14.4. The summed E-state index contributed by atoms with van der Waals surface area (Å²) in [5.74, 6) is -1.10. The highest BCUT2D eigenvalue weighted by Gasteiger charge is 2.25. The van der Waals surface area contributed by atoms with Crippen molar-refractivity contribution in [3.8, 4) is 0 Å². The average Bonchev–Trinajstić information content (AvgIpc) is 2.65. The minimum absolute atomic E-state index is 0.164. The third kappa shape index (κ3) is 4.22. The van der Waals surface area contributed by atoms with Crippen molar-refractivity contribution in [3.63, 3.8) is 0 Å². The first-order valence-corrected chi connectivity index (χ1v) is 8.22. The molecular weight excluding hydrogens is 300 g/mol. The molecule has 2 atom stereocenters. The van der Waals surface area contributed by atoms with Crippen LogP contribution in [0.2, 0.25) is 0 Å². The summed E-state index contributed by atoms with van der Waals surface area (Å²) in [7, 11) is 1.66. The number of carbonyl (C=O) groups is 2. The summed E-state index contributed by atoms with van der Waals surface area (Å²) >= 11 is 0. The molecule has 24 heavy (non-hydrogen) atoms. The standard InChI is InChI=1S/C20H24N2O2/c1-4-18(17-13-9-6-10-14-17)21-19(23)20(24)22(3)15(2)16-11-7-5-8-12-16/h5-15,18H,4H2,1-3H3,(H,21,23). The highest BCUT2D eigenvalue weighted by Crippen LogP contribution is 2.19. The molecule has 0 aliphatic carbocycles. The van der Waals surface area contributed by atoms with Gasteiger partial charge < -0.3 is 10.2 Å². The van der Waals surface area contributed by atoms with E-state index >= 15 is 0 Å². The Balaban J connectivity index is 2.04. The van der Waals surface area contributed by atoms with Crippen LogP contribution in [0.25, 0.3) is 0 Å². The lowest BCUT2D eigenvalue weighted by Gasteiger charge is -2.26. The van der Waals surface area contributed by atoms with Crippen molar-refractivity contribution in [3.05, 3.63) is 71.8 Å². The second-order valence-corrected chi connectivity index (χ2v) is 5.85. The van der Waals surface area contributed by atoms with E-state index in [4.69, 9.17) is 0 Å². The number of benzene rings is 2. The molecule has 0 radical (unpaired) electrons. The van der Waals surface area contributed by atoms with Crippen LogP contribution in [0, 0.1) is 0 Å². The summed E-state index contributed by atoms with van der Waals surface area (Å²) in [6.45, 7) is 3.90. The molecule has 0 fully saturated rings. The Kier molecular flexibility index (Phi) is 6.13. The number of nitrogens with zero attached hydrogens (tertiary/aromatic N) is 1. The van der Waals surface area contributed by atoms with Crippen molar-refractivity contribution in [1.82, 2.24) is 10.2 Å². The molecule has 2 aromatic rings. The molecule has 1 N–H and O–H groups in total. The maximum absolute atomic E-state index is 12.5. The Morgan fingerprint density at radius 3 is 1.96 bits per heavy atom. The normalized spacial score (nSPS) is 13.0. The Hall–Kier alpha value is -2.62. The number of hydrogen-bond acceptors (Lipinski definition) is 2. The molecule has 0 heterocycles. The molecular formula is C20H24N2O2. The fraction of sp³-hybridized carbons (Fsp3) is 0.300. The van der Waals surface area contributed by atoms with Gasteiger partial charge in [0.1, 0.15) is 0 Å². The Bertz CT molecular complexity index is 671. The highest BCUT2D eigenvalue weighted by atomic mass is 16.2. The van der Waals surface area contributed by atoms with Crippen molar-refractivity contribution < 1.29 is 9.59 Å². The second kappa shape index (κ2) is 8.29. The third-order valence-corrected chi connectivity index (χ3v) is 4.29. The van der Waals surface area contributed by atoms with Gasteiger partial charge in [0, 0.05) is 7.05 Å². The van der Waals surface area contributed by atoms with Gasteiger partial charge in [-0.2, -0.15) is 0 Å². The Labute approximate surface area is 143 Å². The van der Waals surface area contributed by atoms with E-state index < -0.39 is 11.8 Å². The lowest BCUT2D eigenvalue weighted by atomic mass is 10.0. The summed E-state index contributed by atoms with van der Waals surface area (Å²) in [6.07, 6.45) is 0.723. The quantitative estimate of drug-likeness (QED) is 0.856. The van der Waals surface area contributed by atoms with E-state index in [1.54, 1.807) is 7.05 Å². The molecule has 126 valence electrons. The fourth-order valence-electron chi connectivity index (χ4n) is 2.62. The van der Waals surface area contributed by atoms with Crippen molar-refractivity contribution in [2.45, 2.75) is 32.4 Å². The smallest absolute Gasteiger partial charge is 0.312 e. The number of rotatable bonds is 5. The Morgan fingerprint density at radius 2 is 1.46 bits per heavy atom. The van der Waals surface area contributed by atoms with Crippen LogP contribution >= 0.6 is 0 Å². The van der Waals surface area contributed by atoms with Crippen LogP contribution in [0.4, 0.5) is 0 Å². The van der Waals surface area contributed by atoms with Gasteiger partial charge in [0.05, 0.1) is 12.1 Å². The van der Waals surface area contributed by atoms with Crippen molar-refractivity contribution in [2.24, 2.45) is 0 Å². The van der Waals surface area contributed by atoms with Gasteiger partial charge in [-0.3, -0.25) is 9.59 Å². The van der Waals surface area contributed by atoms with Crippen LogP contribution in [-0.2, 0) is 9.59 Å². The van der Waals surface area contributed by atoms with E-state index in [-0.39, 0.29) is 12.1 Å². The highest BCUT2D eigenvalue weighted by molar-refractivity contribution is 6.35.